The highest BCUT2D eigenvalue weighted by atomic mass is 16.5. The summed E-state index contributed by atoms with van der Waals surface area (Å²) in [5.41, 5.74) is 4.82. The van der Waals surface area contributed by atoms with E-state index in [1.165, 1.54) is 29.2 Å². The van der Waals surface area contributed by atoms with Crippen LogP contribution in [0.1, 0.15) is 56.2 Å². The highest BCUT2D eigenvalue weighted by molar-refractivity contribution is 5.84. The third-order valence-electron chi connectivity index (χ3n) is 7.03. The molecule has 24 heavy (non-hydrogen) atoms. The van der Waals surface area contributed by atoms with Crippen LogP contribution in [-0.2, 0) is 21.4 Å². The van der Waals surface area contributed by atoms with Crippen LogP contribution in [0.15, 0.2) is 22.8 Å². The number of benzene rings is 1. The van der Waals surface area contributed by atoms with Gasteiger partial charge in [0.15, 0.2) is 0 Å². The maximum atomic E-state index is 12.6. The molecule has 1 saturated carbocycles. The molecule has 3 atom stereocenters. The molecule has 0 radical (unpaired) electrons. The van der Waals surface area contributed by atoms with Crippen molar-refractivity contribution in [2.45, 2.75) is 58.3 Å². The Kier molecular flexibility index (Phi) is 3.35. The van der Waals surface area contributed by atoms with E-state index in [0.29, 0.717) is 5.92 Å². The van der Waals surface area contributed by atoms with Crippen LogP contribution in [0.25, 0.3) is 11.0 Å². The van der Waals surface area contributed by atoms with Crippen LogP contribution in [0.3, 0.4) is 0 Å². The number of furan rings is 1. The molecule has 0 saturated heterocycles. The fourth-order valence-electron chi connectivity index (χ4n) is 5.76. The van der Waals surface area contributed by atoms with Crippen molar-refractivity contribution in [1.29, 1.82) is 0 Å². The summed E-state index contributed by atoms with van der Waals surface area (Å²) >= 11 is 0. The van der Waals surface area contributed by atoms with E-state index in [1.54, 1.807) is 6.26 Å². The van der Waals surface area contributed by atoms with Crippen LogP contribution >= 0.6 is 0 Å². The maximum Gasteiger partial charge on any atom is 0.311 e. The number of methoxy groups -OCH3 is 1. The number of aryl methyl sites for hydroxylation is 1. The van der Waals surface area contributed by atoms with Crippen LogP contribution in [-0.4, -0.2) is 13.1 Å². The second kappa shape index (κ2) is 5.11. The first-order chi connectivity index (χ1) is 11.4. The standard InChI is InChI=1S/C21H26O3/c1-13-14-6-7-18-20(2,9-5-10-21(18,3)19(22)23-4)16(14)12-17-15(13)8-11-24-17/h8,11-12,18H,5-7,9-10H2,1-4H3/t18-,20-,21+/m1/s1. The van der Waals surface area contributed by atoms with Crippen molar-refractivity contribution in [3.63, 3.8) is 0 Å². The molecular weight excluding hydrogens is 300 g/mol. The second-order valence-electron chi connectivity index (χ2n) is 8.13. The van der Waals surface area contributed by atoms with Gasteiger partial charge in [0.1, 0.15) is 5.58 Å². The lowest BCUT2D eigenvalue weighted by atomic mass is 9.49. The SMILES string of the molecule is COC(=O)[C@@]1(C)CCC[C@]2(C)c3cc4occc4c(C)c3CC[C@@H]12. The van der Waals surface area contributed by atoms with Gasteiger partial charge in [0.2, 0.25) is 0 Å². The predicted octanol–water partition coefficient (Wildman–Crippen LogP) is 4.92. The summed E-state index contributed by atoms with van der Waals surface area (Å²) in [5.74, 6) is 0.281. The van der Waals surface area contributed by atoms with Gasteiger partial charge in [0.05, 0.1) is 18.8 Å². The van der Waals surface area contributed by atoms with Gasteiger partial charge in [0.25, 0.3) is 0 Å². The Labute approximate surface area is 143 Å². The Morgan fingerprint density at radius 3 is 2.88 bits per heavy atom. The third kappa shape index (κ3) is 1.87. The van der Waals surface area contributed by atoms with Crippen molar-refractivity contribution < 1.29 is 13.9 Å². The van der Waals surface area contributed by atoms with E-state index < -0.39 is 0 Å². The molecule has 2 aliphatic rings. The van der Waals surface area contributed by atoms with Gasteiger partial charge in [-0.05, 0) is 79.7 Å². The predicted molar refractivity (Wildman–Crippen MR) is 94.1 cm³/mol. The molecule has 128 valence electrons. The number of hydrogen-bond donors (Lipinski definition) is 0. The normalized spacial score (nSPS) is 32.2. The molecule has 2 aromatic rings. The zero-order valence-electron chi connectivity index (χ0n) is 15.1. The van der Waals surface area contributed by atoms with Gasteiger partial charge in [-0.15, -0.1) is 0 Å². The fraction of sp³-hybridized carbons (Fsp3) is 0.571. The summed E-state index contributed by atoms with van der Waals surface area (Å²) < 4.78 is 10.9. The number of ether oxygens (including phenoxy) is 1. The highest BCUT2D eigenvalue weighted by Gasteiger charge is 2.55. The zero-order valence-corrected chi connectivity index (χ0v) is 15.1. The van der Waals surface area contributed by atoms with Gasteiger partial charge in [-0.3, -0.25) is 4.79 Å². The molecular formula is C21H26O3. The first-order valence-corrected chi connectivity index (χ1v) is 9.00. The van der Waals surface area contributed by atoms with E-state index in [9.17, 15) is 4.79 Å². The van der Waals surface area contributed by atoms with Gasteiger partial charge < -0.3 is 9.15 Å². The lowest BCUT2D eigenvalue weighted by Gasteiger charge is -2.54. The Balaban J connectivity index is 1.91. The average Bonchev–Trinajstić information content (AvgIpc) is 3.03. The average molecular weight is 326 g/mol. The van der Waals surface area contributed by atoms with E-state index in [-0.39, 0.29) is 16.8 Å². The minimum Gasteiger partial charge on any atom is -0.469 e. The first kappa shape index (κ1) is 15.7. The monoisotopic (exact) mass is 326 g/mol. The molecule has 0 N–H and O–H groups in total. The van der Waals surface area contributed by atoms with Crippen molar-refractivity contribution >= 4 is 16.9 Å². The van der Waals surface area contributed by atoms with Crippen LogP contribution < -0.4 is 0 Å². The van der Waals surface area contributed by atoms with E-state index in [0.717, 1.165) is 37.7 Å². The summed E-state index contributed by atoms with van der Waals surface area (Å²) in [6.45, 7) is 6.68. The lowest BCUT2D eigenvalue weighted by Crippen LogP contribution is -2.52. The minimum atomic E-state index is -0.383. The van der Waals surface area contributed by atoms with Crippen molar-refractivity contribution in [3.05, 3.63) is 35.1 Å². The van der Waals surface area contributed by atoms with Gasteiger partial charge >= 0.3 is 5.97 Å². The summed E-state index contributed by atoms with van der Waals surface area (Å²) in [6.07, 6.45) is 6.99. The number of esters is 1. The van der Waals surface area contributed by atoms with Gasteiger partial charge in [-0.1, -0.05) is 13.3 Å². The van der Waals surface area contributed by atoms with Crippen molar-refractivity contribution in [2.24, 2.45) is 11.3 Å². The van der Waals surface area contributed by atoms with Crippen LogP contribution in [0.5, 0.6) is 0 Å². The summed E-state index contributed by atoms with van der Waals surface area (Å²) in [7, 11) is 1.52. The quantitative estimate of drug-likeness (QED) is 0.698. The van der Waals surface area contributed by atoms with Gasteiger partial charge in [-0.25, -0.2) is 0 Å². The molecule has 0 bridgehead atoms. The number of carbonyl (C=O) groups is 1. The Morgan fingerprint density at radius 1 is 1.33 bits per heavy atom. The van der Waals surface area contributed by atoms with Gasteiger partial charge in [0, 0.05) is 5.39 Å². The molecule has 1 aromatic heterocycles. The molecule has 0 aliphatic heterocycles. The zero-order chi connectivity index (χ0) is 17.1. The highest BCUT2D eigenvalue weighted by Crippen LogP contribution is 2.58. The lowest BCUT2D eigenvalue weighted by molar-refractivity contribution is -0.161. The molecule has 4 rings (SSSR count). The van der Waals surface area contributed by atoms with E-state index in [1.807, 2.05) is 0 Å². The largest absolute Gasteiger partial charge is 0.469 e. The van der Waals surface area contributed by atoms with Gasteiger partial charge in [-0.2, -0.15) is 0 Å². The molecule has 2 aliphatic carbocycles. The van der Waals surface area contributed by atoms with Crippen LogP contribution in [0.2, 0.25) is 0 Å². The molecule has 1 fully saturated rings. The maximum absolute atomic E-state index is 12.6. The number of carbonyl (C=O) groups excluding carboxylic acids is 1. The molecule has 3 nitrogen and oxygen atoms in total. The summed E-state index contributed by atoms with van der Waals surface area (Å²) in [6, 6.07) is 4.31. The minimum absolute atomic E-state index is 0.0144. The smallest absolute Gasteiger partial charge is 0.311 e. The molecule has 0 amide bonds. The number of hydrogen-bond acceptors (Lipinski definition) is 3. The topological polar surface area (TPSA) is 39.4 Å². The van der Waals surface area contributed by atoms with E-state index in [4.69, 9.17) is 9.15 Å². The molecule has 1 aromatic carbocycles. The molecule has 0 spiro atoms. The molecule has 0 unspecified atom stereocenters. The number of rotatable bonds is 1. The van der Waals surface area contributed by atoms with Crippen LogP contribution in [0, 0.1) is 18.3 Å². The molecule has 1 heterocycles. The van der Waals surface area contributed by atoms with E-state index >= 15 is 0 Å². The Bertz CT molecular complexity index is 818. The van der Waals surface area contributed by atoms with E-state index in [2.05, 4.69) is 32.9 Å². The van der Waals surface area contributed by atoms with Crippen molar-refractivity contribution in [1.82, 2.24) is 0 Å². The van der Waals surface area contributed by atoms with Crippen LogP contribution in [0.4, 0.5) is 0 Å². The summed E-state index contributed by atoms with van der Waals surface area (Å²) in [4.78, 5) is 12.6. The summed E-state index contributed by atoms with van der Waals surface area (Å²) in [5, 5.41) is 1.22. The first-order valence-electron chi connectivity index (χ1n) is 9.00. The van der Waals surface area contributed by atoms with Crippen molar-refractivity contribution in [3.8, 4) is 0 Å². The Hall–Kier alpha value is -1.77. The Morgan fingerprint density at radius 2 is 2.12 bits per heavy atom. The number of fused-ring (bicyclic) bond motifs is 4. The van der Waals surface area contributed by atoms with Crippen molar-refractivity contribution in [2.75, 3.05) is 7.11 Å². The third-order valence-corrected chi connectivity index (χ3v) is 7.03. The molecule has 3 heteroatoms. The second-order valence-corrected chi connectivity index (χ2v) is 8.13. The fourth-order valence-corrected chi connectivity index (χ4v) is 5.76.